The highest BCUT2D eigenvalue weighted by atomic mass is 32.1. The van der Waals surface area contributed by atoms with E-state index in [0.29, 0.717) is 38.8 Å². The monoisotopic (exact) mass is 572 g/mol. The fraction of sp³-hybridized carbons (Fsp3) is 0.138. The van der Waals surface area contributed by atoms with E-state index in [-0.39, 0.29) is 10.1 Å². The second kappa shape index (κ2) is 11.1. The van der Waals surface area contributed by atoms with Crippen LogP contribution in [0.25, 0.3) is 6.08 Å². The number of hydrogen-bond acceptors (Lipinski definition) is 9. The molecule has 0 aliphatic carbocycles. The number of fused-ring (bicyclic) bond motifs is 1. The lowest BCUT2D eigenvalue weighted by molar-refractivity contribution is -0.385. The van der Waals surface area contributed by atoms with Crippen LogP contribution in [0.15, 0.2) is 87.8 Å². The zero-order chi connectivity index (χ0) is 29.3. The van der Waals surface area contributed by atoms with Gasteiger partial charge in [0.15, 0.2) is 10.6 Å². The lowest BCUT2D eigenvalue weighted by Gasteiger charge is -2.26. The standard InChI is InChI=1S/C29H24N4O7S/c1-16-25(27(35)31-18-7-5-4-6-8-18)26(20-11-10-19(39-2)15-23(20)40-3)32-28(36)24(41-29(32)30-16)14-17-9-12-22(34)21(13-17)33(37)38/h4-15,26,34H,1-3H3,(H,31,35)/b24-14-/t26-/m0/s1. The summed E-state index contributed by atoms with van der Waals surface area (Å²) in [6, 6.07) is 17.0. The summed E-state index contributed by atoms with van der Waals surface area (Å²) in [5.74, 6) is 0.00869. The number of thiazole rings is 1. The molecule has 0 unspecified atom stereocenters. The number of nitrogens with zero attached hydrogens (tertiary/aromatic N) is 3. The first-order valence-electron chi connectivity index (χ1n) is 12.3. The van der Waals surface area contributed by atoms with Crippen LogP contribution in [-0.4, -0.2) is 34.7 Å². The normalized spacial score (nSPS) is 14.7. The zero-order valence-corrected chi connectivity index (χ0v) is 23.0. The van der Waals surface area contributed by atoms with Crippen molar-refractivity contribution in [2.24, 2.45) is 4.99 Å². The van der Waals surface area contributed by atoms with Gasteiger partial charge in [-0.1, -0.05) is 35.6 Å². The number of carbonyl (C=O) groups is 1. The average Bonchev–Trinajstić information content (AvgIpc) is 3.27. The Morgan fingerprint density at radius 1 is 1.12 bits per heavy atom. The third-order valence-corrected chi connectivity index (χ3v) is 7.51. The third-order valence-electron chi connectivity index (χ3n) is 6.53. The van der Waals surface area contributed by atoms with Crippen LogP contribution in [0.1, 0.15) is 24.1 Å². The summed E-state index contributed by atoms with van der Waals surface area (Å²) in [6.07, 6.45) is 1.49. The minimum atomic E-state index is -0.910. The number of allylic oxidation sites excluding steroid dienone is 1. The molecule has 11 nitrogen and oxygen atoms in total. The highest BCUT2D eigenvalue weighted by molar-refractivity contribution is 7.07. The number of rotatable bonds is 7. The highest BCUT2D eigenvalue weighted by Gasteiger charge is 2.34. The molecule has 0 radical (unpaired) electrons. The van der Waals surface area contributed by atoms with E-state index in [1.54, 1.807) is 49.4 Å². The molecular formula is C29H24N4O7S. The first-order chi connectivity index (χ1) is 19.7. The molecule has 0 spiro atoms. The molecule has 0 saturated heterocycles. The molecule has 5 rings (SSSR count). The second-order valence-electron chi connectivity index (χ2n) is 9.02. The minimum Gasteiger partial charge on any atom is -0.502 e. The summed E-state index contributed by atoms with van der Waals surface area (Å²) in [6.45, 7) is 1.70. The van der Waals surface area contributed by atoms with Gasteiger partial charge < -0.3 is 19.9 Å². The van der Waals surface area contributed by atoms with E-state index in [0.717, 1.165) is 11.3 Å². The Labute approximate surface area is 237 Å². The van der Waals surface area contributed by atoms with Crippen LogP contribution in [0.5, 0.6) is 17.2 Å². The van der Waals surface area contributed by atoms with Crippen LogP contribution < -0.4 is 29.7 Å². The van der Waals surface area contributed by atoms with Crippen molar-refractivity contribution in [1.29, 1.82) is 0 Å². The molecule has 0 fully saturated rings. The van der Waals surface area contributed by atoms with Crippen molar-refractivity contribution < 1.29 is 24.3 Å². The first kappa shape index (κ1) is 27.3. The zero-order valence-electron chi connectivity index (χ0n) is 22.2. The maximum Gasteiger partial charge on any atom is 0.311 e. The van der Waals surface area contributed by atoms with Crippen molar-refractivity contribution in [2.45, 2.75) is 13.0 Å². The van der Waals surface area contributed by atoms with Crippen LogP contribution in [0.3, 0.4) is 0 Å². The van der Waals surface area contributed by atoms with Crippen molar-refractivity contribution in [3.63, 3.8) is 0 Å². The fourth-order valence-corrected chi connectivity index (χ4v) is 5.64. The number of phenols is 1. The average molecular weight is 573 g/mol. The molecule has 1 amide bonds. The molecule has 1 aliphatic heterocycles. The van der Waals surface area contributed by atoms with E-state index >= 15 is 0 Å². The minimum absolute atomic E-state index is 0.235. The number of aromatic nitrogens is 1. The van der Waals surface area contributed by atoms with Gasteiger partial charge >= 0.3 is 5.69 Å². The van der Waals surface area contributed by atoms with Crippen molar-refractivity contribution in [1.82, 2.24) is 4.57 Å². The number of nitro benzene ring substituents is 1. The highest BCUT2D eigenvalue weighted by Crippen LogP contribution is 2.37. The van der Waals surface area contributed by atoms with Gasteiger partial charge in [-0.3, -0.25) is 24.3 Å². The maximum absolute atomic E-state index is 13.9. The van der Waals surface area contributed by atoms with Gasteiger partial charge in [-0.05, 0) is 48.9 Å². The topological polar surface area (TPSA) is 145 Å². The predicted molar refractivity (Wildman–Crippen MR) is 153 cm³/mol. The summed E-state index contributed by atoms with van der Waals surface area (Å²) in [7, 11) is 3.01. The van der Waals surface area contributed by atoms with Crippen LogP contribution in [0.4, 0.5) is 11.4 Å². The molecular weight excluding hydrogens is 548 g/mol. The Kier molecular flexibility index (Phi) is 7.40. The SMILES string of the molecule is COc1ccc([C@H]2C(C(=O)Nc3ccccc3)=C(C)N=c3s/c(=C\c4ccc(O)c([N+](=O)[O-])c4)c(=O)n32)c(OC)c1. The van der Waals surface area contributed by atoms with E-state index in [1.165, 1.54) is 43.1 Å². The van der Waals surface area contributed by atoms with Gasteiger partial charge in [-0.2, -0.15) is 0 Å². The number of benzene rings is 3. The van der Waals surface area contributed by atoms with Gasteiger partial charge in [-0.25, -0.2) is 4.99 Å². The molecule has 12 heteroatoms. The van der Waals surface area contributed by atoms with E-state index in [4.69, 9.17) is 9.47 Å². The van der Waals surface area contributed by atoms with Gasteiger partial charge in [0.05, 0.1) is 34.9 Å². The maximum atomic E-state index is 13.9. The summed E-state index contributed by atoms with van der Waals surface area (Å²) in [5, 5.41) is 24.0. The first-order valence-corrected chi connectivity index (χ1v) is 13.1. The number of carbonyl (C=O) groups excluding carboxylic acids is 1. The number of methoxy groups -OCH3 is 2. The fourth-order valence-electron chi connectivity index (χ4n) is 4.60. The molecule has 208 valence electrons. The Balaban J connectivity index is 1.72. The van der Waals surface area contributed by atoms with Gasteiger partial charge in [0, 0.05) is 23.4 Å². The molecule has 0 bridgehead atoms. The second-order valence-corrected chi connectivity index (χ2v) is 10.0. The summed E-state index contributed by atoms with van der Waals surface area (Å²) in [4.78, 5) is 43.2. The Morgan fingerprint density at radius 2 is 1.88 bits per heavy atom. The van der Waals surface area contributed by atoms with Gasteiger partial charge in [0.2, 0.25) is 0 Å². The lowest BCUT2D eigenvalue weighted by atomic mass is 9.94. The van der Waals surface area contributed by atoms with Crippen molar-refractivity contribution in [3.8, 4) is 17.2 Å². The van der Waals surface area contributed by atoms with E-state index in [9.17, 15) is 24.8 Å². The number of amides is 1. The van der Waals surface area contributed by atoms with Crippen LogP contribution in [0, 0.1) is 10.1 Å². The number of anilines is 1. The smallest absolute Gasteiger partial charge is 0.311 e. The van der Waals surface area contributed by atoms with Crippen molar-refractivity contribution >= 4 is 34.7 Å². The van der Waals surface area contributed by atoms with Gasteiger partial charge in [0.1, 0.15) is 17.5 Å². The van der Waals surface area contributed by atoms with Gasteiger partial charge in [-0.15, -0.1) is 0 Å². The molecule has 4 aromatic rings. The van der Waals surface area contributed by atoms with Gasteiger partial charge in [0.25, 0.3) is 11.5 Å². The van der Waals surface area contributed by atoms with Crippen molar-refractivity contribution in [2.75, 3.05) is 19.5 Å². The summed E-state index contributed by atoms with van der Waals surface area (Å²) in [5.41, 5.74) is 1.17. The number of nitrogens with one attached hydrogen (secondary N) is 1. The number of hydrogen-bond donors (Lipinski definition) is 2. The molecule has 3 aromatic carbocycles. The number of phenolic OH excluding ortho intramolecular Hbond substituents is 1. The van der Waals surface area contributed by atoms with Crippen LogP contribution in [0.2, 0.25) is 0 Å². The molecule has 1 aliphatic rings. The number of para-hydroxylation sites is 1. The number of ether oxygens (including phenoxy) is 2. The van der Waals surface area contributed by atoms with Crippen LogP contribution >= 0.6 is 11.3 Å². The molecule has 2 heterocycles. The lowest BCUT2D eigenvalue weighted by Crippen LogP contribution is -2.40. The van der Waals surface area contributed by atoms with Crippen molar-refractivity contribution in [3.05, 3.63) is 119 Å². The Bertz CT molecular complexity index is 1890. The number of nitro groups is 1. The molecule has 1 aromatic heterocycles. The van der Waals surface area contributed by atoms with E-state index in [1.807, 2.05) is 6.07 Å². The summed E-state index contributed by atoms with van der Waals surface area (Å²) < 4.78 is 12.7. The molecule has 0 saturated carbocycles. The van der Waals surface area contributed by atoms with E-state index in [2.05, 4.69) is 10.3 Å². The third kappa shape index (κ3) is 5.20. The number of aromatic hydroxyl groups is 1. The molecule has 41 heavy (non-hydrogen) atoms. The Hall–Kier alpha value is -5.23. The largest absolute Gasteiger partial charge is 0.502 e. The summed E-state index contributed by atoms with van der Waals surface area (Å²) >= 11 is 1.08. The van der Waals surface area contributed by atoms with E-state index < -0.39 is 33.9 Å². The molecule has 2 N–H and O–H groups in total. The van der Waals surface area contributed by atoms with Crippen LogP contribution in [-0.2, 0) is 4.79 Å². The quantitative estimate of drug-likeness (QED) is 0.255. The predicted octanol–water partition coefficient (Wildman–Crippen LogP) is 3.50. The molecule has 1 atom stereocenters. The Morgan fingerprint density at radius 3 is 2.56 bits per heavy atom.